The highest BCUT2D eigenvalue weighted by atomic mass is 35.5. The van der Waals surface area contributed by atoms with Crippen LogP contribution in [0.1, 0.15) is 45.4 Å². The standard InChI is InChI=1S/C17H24ClN3O2.ClH/c1-12(22)20-13-5-6-14(18)15(9-13)21-16(23)10-17(11-19)7-3-2-4-8-17;/h5-6,9H,2-4,7-8,10-11,19H2,1H3,(H,20,22)(H,21,23);1H. The first kappa shape index (κ1) is 20.7. The van der Waals surface area contributed by atoms with E-state index in [1.54, 1.807) is 18.2 Å². The summed E-state index contributed by atoms with van der Waals surface area (Å²) in [6.07, 6.45) is 5.87. The van der Waals surface area contributed by atoms with Gasteiger partial charge in [0.05, 0.1) is 10.7 Å². The highest BCUT2D eigenvalue weighted by molar-refractivity contribution is 6.33. The number of hydrogen-bond acceptors (Lipinski definition) is 3. The molecule has 0 saturated heterocycles. The van der Waals surface area contributed by atoms with Crippen molar-refractivity contribution in [2.24, 2.45) is 11.1 Å². The molecule has 1 aromatic rings. The molecular formula is C17H25Cl2N3O2. The van der Waals surface area contributed by atoms with E-state index in [9.17, 15) is 9.59 Å². The molecule has 5 nitrogen and oxygen atoms in total. The lowest BCUT2D eigenvalue weighted by Crippen LogP contribution is -2.36. The van der Waals surface area contributed by atoms with Crippen LogP contribution in [0, 0.1) is 5.41 Å². The van der Waals surface area contributed by atoms with Gasteiger partial charge in [-0.15, -0.1) is 12.4 Å². The molecular weight excluding hydrogens is 349 g/mol. The Bertz CT molecular complexity index is 587. The normalized spacial score (nSPS) is 16.0. The molecule has 0 aliphatic heterocycles. The largest absolute Gasteiger partial charge is 0.330 e. The van der Waals surface area contributed by atoms with Crippen molar-refractivity contribution in [1.82, 2.24) is 0 Å². The smallest absolute Gasteiger partial charge is 0.225 e. The molecule has 1 aromatic carbocycles. The Balaban J connectivity index is 0.00000288. The van der Waals surface area contributed by atoms with Crippen LogP contribution in [-0.4, -0.2) is 18.4 Å². The van der Waals surface area contributed by atoms with Gasteiger partial charge in [-0.2, -0.15) is 0 Å². The molecule has 1 fully saturated rings. The first-order valence-electron chi connectivity index (χ1n) is 8.01. The first-order chi connectivity index (χ1) is 10.9. The second-order valence-corrected chi connectivity index (χ2v) is 6.77. The number of carbonyl (C=O) groups excluding carboxylic acids is 2. The number of anilines is 2. The summed E-state index contributed by atoms with van der Waals surface area (Å²) in [6.45, 7) is 1.96. The van der Waals surface area contributed by atoms with Gasteiger partial charge in [-0.25, -0.2) is 0 Å². The van der Waals surface area contributed by atoms with E-state index in [-0.39, 0.29) is 29.6 Å². The molecule has 1 aliphatic rings. The molecule has 24 heavy (non-hydrogen) atoms. The Morgan fingerprint density at radius 3 is 2.46 bits per heavy atom. The molecule has 4 N–H and O–H groups in total. The van der Waals surface area contributed by atoms with Gasteiger partial charge in [0.15, 0.2) is 0 Å². The summed E-state index contributed by atoms with van der Waals surface area (Å²) in [4.78, 5) is 23.5. The fourth-order valence-corrected chi connectivity index (χ4v) is 3.36. The van der Waals surface area contributed by atoms with Crippen molar-refractivity contribution in [2.45, 2.75) is 45.4 Å². The average molecular weight is 374 g/mol. The van der Waals surface area contributed by atoms with Crippen LogP contribution in [0.2, 0.25) is 5.02 Å². The molecule has 0 bridgehead atoms. The Morgan fingerprint density at radius 2 is 1.88 bits per heavy atom. The van der Waals surface area contributed by atoms with Gasteiger partial charge < -0.3 is 16.4 Å². The third kappa shape index (κ3) is 5.65. The van der Waals surface area contributed by atoms with E-state index in [2.05, 4.69) is 10.6 Å². The fraction of sp³-hybridized carbons (Fsp3) is 0.529. The van der Waals surface area contributed by atoms with Crippen LogP contribution in [-0.2, 0) is 9.59 Å². The van der Waals surface area contributed by atoms with Gasteiger partial charge in [-0.1, -0.05) is 30.9 Å². The minimum absolute atomic E-state index is 0. The number of nitrogens with two attached hydrogens (primary N) is 1. The van der Waals surface area contributed by atoms with Crippen molar-refractivity contribution in [3.8, 4) is 0 Å². The zero-order valence-corrected chi connectivity index (χ0v) is 15.4. The van der Waals surface area contributed by atoms with Crippen molar-refractivity contribution in [3.05, 3.63) is 23.2 Å². The number of hydrogen-bond donors (Lipinski definition) is 3. The predicted molar refractivity (Wildman–Crippen MR) is 101 cm³/mol. The quantitative estimate of drug-likeness (QED) is 0.729. The summed E-state index contributed by atoms with van der Waals surface area (Å²) in [5.41, 5.74) is 6.95. The zero-order valence-electron chi connectivity index (χ0n) is 13.9. The van der Waals surface area contributed by atoms with Crippen LogP contribution in [0.15, 0.2) is 18.2 Å². The number of nitrogens with one attached hydrogen (secondary N) is 2. The maximum atomic E-state index is 12.4. The summed E-state index contributed by atoms with van der Waals surface area (Å²) in [6, 6.07) is 5.02. The van der Waals surface area contributed by atoms with Crippen LogP contribution < -0.4 is 16.4 Å². The SMILES string of the molecule is CC(=O)Nc1ccc(Cl)c(NC(=O)CC2(CN)CCCCC2)c1.Cl. The van der Waals surface area contributed by atoms with Crippen molar-refractivity contribution in [2.75, 3.05) is 17.2 Å². The molecule has 0 atom stereocenters. The van der Waals surface area contributed by atoms with E-state index in [1.165, 1.54) is 13.3 Å². The van der Waals surface area contributed by atoms with Crippen molar-refractivity contribution >= 4 is 47.2 Å². The fourth-order valence-electron chi connectivity index (χ4n) is 3.19. The predicted octanol–water partition coefficient (Wildman–Crippen LogP) is 3.96. The third-order valence-electron chi connectivity index (χ3n) is 4.44. The van der Waals surface area contributed by atoms with Crippen molar-refractivity contribution < 1.29 is 9.59 Å². The molecule has 2 amide bonds. The second kappa shape index (κ2) is 9.25. The van der Waals surface area contributed by atoms with E-state index in [4.69, 9.17) is 17.3 Å². The Morgan fingerprint density at radius 1 is 1.21 bits per heavy atom. The number of amides is 2. The molecule has 0 spiro atoms. The molecule has 7 heteroatoms. The highest BCUT2D eigenvalue weighted by Gasteiger charge is 2.33. The minimum Gasteiger partial charge on any atom is -0.330 e. The van der Waals surface area contributed by atoms with Crippen LogP contribution >= 0.6 is 24.0 Å². The monoisotopic (exact) mass is 373 g/mol. The second-order valence-electron chi connectivity index (χ2n) is 6.37. The minimum atomic E-state index is -0.172. The number of carbonyl (C=O) groups is 2. The molecule has 0 unspecified atom stereocenters. The van der Waals surface area contributed by atoms with E-state index in [0.717, 1.165) is 25.7 Å². The van der Waals surface area contributed by atoms with Gasteiger partial charge >= 0.3 is 0 Å². The Labute approximate surface area is 154 Å². The van der Waals surface area contributed by atoms with Gasteiger partial charge in [0.25, 0.3) is 0 Å². The number of halogens is 2. The van der Waals surface area contributed by atoms with Gasteiger partial charge in [0.1, 0.15) is 0 Å². The van der Waals surface area contributed by atoms with Crippen LogP contribution in [0.3, 0.4) is 0 Å². The molecule has 2 rings (SSSR count). The maximum Gasteiger partial charge on any atom is 0.225 e. The van der Waals surface area contributed by atoms with Crippen LogP contribution in [0.5, 0.6) is 0 Å². The summed E-state index contributed by atoms with van der Waals surface area (Å²) >= 11 is 6.14. The average Bonchev–Trinajstić information content (AvgIpc) is 2.51. The summed E-state index contributed by atoms with van der Waals surface area (Å²) < 4.78 is 0. The topological polar surface area (TPSA) is 84.2 Å². The molecule has 1 aliphatic carbocycles. The lowest BCUT2D eigenvalue weighted by atomic mass is 9.71. The van der Waals surface area contributed by atoms with Gasteiger partial charge in [0, 0.05) is 19.0 Å². The summed E-state index contributed by atoms with van der Waals surface area (Å²) in [7, 11) is 0. The molecule has 0 aromatic heterocycles. The maximum absolute atomic E-state index is 12.4. The third-order valence-corrected chi connectivity index (χ3v) is 4.77. The Kier molecular flexibility index (Phi) is 8.00. The van der Waals surface area contributed by atoms with E-state index in [1.807, 2.05) is 0 Å². The highest BCUT2D eigenvalue weighted by Crippen LogP contribution is 2.38. The van der Waals surface area contributed by atoms with Gasteiger partial charge in [-0.05, 0) is 43.0 Å². The molecule has 0 heterocycles. The van der Waals surface area contributed by atoms with Crippen LogP contribution in [0.25, 0.3) is 0 Å². The summed E-state index contributed by atoms with van der Waals surface area (Å²) in [5.74, 6) is -0.256. The number of benzene rings is 1. The van der Waals surface area contributed by atoms with Gasteiger partial charge in [0.2, 0.25) is 11.8 Å². The molecule has 134 valence electrons. The summed E-state index contributed by atoms with van der Waals surface area (Å²) in [5, 5.41) is 5.97. The van der Waals surface area contributed by atoms with Crippen molar-refractivity contribution in [1.29, 1.82) is 0 Å². The zero-order chi connectivity index (χ0) is 16.9. The number of rotatable bonds is 5. The van der Waals surface area contributed by atoms with Gasteiger partial charge in [-0.3, -0.25) is 9.59 Å². The Hall–Kier alpha value is -1.30. The molecule has 1 saturated carbocycles. The lowest BCUT2D eigenvalue weighted by Gasteiger charge is -2.35. The van der Waals surface area contributed by atoms with E-state index in [0.29, 0.717) is 29.4 Å². The lowest BCUT2D eigenvalue weighted by molar-refractivity contribution is -0.119. The van der Waals surface area contributed by atoms with Crippen LogP contribution in [0.4, 0.5) is 11.4 Å². The van der Waals surface area contributed by atoms with E-state index >= 15 is 0 Å². The van der Waals surface area contributed by atoms with E-state index < -0.39 is 0 Å². The van der Waals surface area contributed by atoms with Crippen molar-refractivity contribution in [3.63, 3.8) is 0 Å². The molecule has 0 radical (unpaired) electrons. The first-order valence-corrected chi connectivity index (χ1v) is 8.39.